The predicted octanol–water partition coefficient (Wildman–Crippen LogP) is 1.05. The third-order valence-electron chi connectivity index (χ3n) is 3.61. The zero-order chi connectivity index (χ0) is 16.5. The second-order valence-electron chi connectivity index (χ2n) is 5.15. The van der Waals surface area contributed by atoms with Gasteiger partial charge in [-0.1, -0.05) is 12.1 Å². The summed E-state index contributed by atoms with van der Waals surface area (Å²) in [4.78, 5) is 14.3. The van der Waals surface area contributed by atoms with Gasteiger partial charge >= 0.3 is 0 Å². The highest BCUT2D eigenvalue weighted by atomic mass is 16.5. The summed E-state index contributed by atoms with van der Waals surface area (Å²) in [6.45, 7) is 4.49. The van der Waals surface area contributed by atoms with Crippen molar-refractivity contribution in [1.29, 1.82) is 5.26 Å². The van der Waals surface area contributed by atoms with Crippen LogP contribution in [0.1, 0.15) is 5.56 Å². The highest BCUT2D eigenvalue weighted by Gasteiger charge is 2.12. The van der Waals surface area contributed by atoms with Crippen molar-refractivity contribution in [3.63, 3.8) is 0 Å². The van der Waals surface area contributed by atoms with E-state index in [-0.39, 0.29) is 11.5 Å². The van der Waals surface area contributed by atoms with Gasteiger partial charge in [-0.15, -0.1) is 0 Å². The van der Waals surface area contributed by atoms with Crippen molar-refractivity contribution in [2.75, 3.05) is 46.5 Å². The van der Waals surface area contributed by atoms with Crippen LogP contribution >= 0.6 is 0 Å². The lowest BCUT2D eigenvalue weighted by atomic mass is 10.1. The Kier molecular flexibility index (Phi) is 6.60. The van der Waals surface area contributed by atoms with Crippen molar-refractivity contribution in [3.05, 3.63) is 35.4 Å². The number of ether oxygens (including phenoxy) is 2. The molecule has 0 aliphatic carbocycles. The molecule has 1 fully saturated rings. The fourth-order valence-electron chi connectivity index (χ4n) is 2.26. The van der Waals surface area contributed by atoms with E-state index in [9.17, 15) is 10.1 Å². The summed E-state index contributed by atoms with van der Waals surface area (Å²) in [6, 6.07) is 9.13. The summed E-state index contributed by atoms with van der Waals surface area (Å²) in [6.07, 6.45) is 1.57. The first-order valence-corrected chi connectivity index (χ1v) is 7.57. The molecule has 1 aliphatic rings. The molecule has 1 saturated heterocycles. The van der Waals surface area contributed by atoms with E-state index in [2.05, 4.69) is 10.2 Å². The number of benzene rings is 1. The van der Waals surface area contributed by atoms with Gasteiger partial charge < -0.3 is 14.8 Å². The van der Waals surface area contributed by atoms with Gasteiger partial charge in [0.25, 0.3) is 5.91 Å². The number of rotatable bonds is 6. The van der Waals surface area contributed by atoms with E-state index in [1.54, 1.807) is 37.5 Å². The second kappa shape index (κ2) is 8.93. The standard InChI is InChI=1S/C17H21N3O3/c1-22-16-4-2-14(3-5-16)12-15(13-18)17(21)19-6-7-20-8-10-23-11-9-20/h2-5,12H,6-11H2,1H3,(H,19,21). The molecule has 6 heteroatoms. The number of carbonyl (C=O) groups is 1. The molecule has 0 spiro atoms. The van der Waals surface area contributed by atoms with Gasteiger partial charge in [0.1, 0.15) is 17.4 Å². The van der Waals surface area contributed by atoms with Gasteiger partial charge in [-0.05, 0) is 23.8 Å². The van der Waals surface area contributed by atoms with Crippen LogP contribution in [0.2, 0.25) is 0 Å². The van der Waals surface area contributed by atoms with E-state index in [4.69, 9.17) is 9.47 Å². The Bertz CT molecular complexity index is 584. The van der Waals surface area contributed by atoms with E-state index in [0.717, 1.165) is 44.2 Å². The topological polar surface area (TPSA) is 74.6 Å². The molecule has 0 aromatic heterocycles. The molecule has 1 aromatic rings. The third-order valence-corrected chi connectivity index (χ3v) is 3.61. The Balaban J connectivity index is 1.87. The quantitative estimate of drug-likeness (QED) is 0.627. The van der Waals surface area contributed by atoms with Gasteiger partial charge in [-0.25, -0.2) is 0 Å². The summed E-state index contributed by atoms with van der Waals surface area (Å²) in [5.41, 5.74) is 0.878. The van der Waals surface area contributed by atoms with Crippen LogP contribution in [-0.4, -0.2) is 57.3 Å². The molecule has 1 aromatic carbocycles. The second-order valence-corrected chi connectivity index (χ2v) is 5.15. The van der Waals surface area contributed by atoms with Crippen LogP contribution in [0.5, 0.6) is 5.75 Å². The minimum Gasteiger partial charge on any atom is -0.497 e. The van der Waals surface area contributed by atoms with Crippen molar-refractivity contribution in [1.82, 2.24) is 10.2 Å². The van der Waals surface area contributed by atoms with Crippen molar-refractivity contribution >= 4 is 12.0 Å². The zero-order valence-electron chi connectivity index (χ0n) is 13.2. The predicted molar refractivity (Wildman–Crippen MR) is 86.9 cm³/mol. The summed E-state index contributed by atoms with van der Waals surface area (Å²) in [5, 5.41) is 12.0. The molecule has 1 N–H and O–H groups in total. The Morgan fingerprint density at radius 3 is 2.70 bits per heavy atom. The summed E-state index contributed by atoms with van der Waals surface area (Å²) >= 11 is 0. The van der Waals surface area contributed by atoms with E-state index >= 15 is 0 Å². The number of morpholine rings is 1. The number of hydrogen-bond donors (Lipinski definition) is 1. The fourth-order valence-corrected chi connectivity index (χ4v) is 2.26. The molecule has 0 atom stereocenters. The first-order chi connectivity index (χ1) is 11.2. The smallest absolute Gasteiger partial charge is 0.261 e. The monoisotopic (exact) mass is 315 g/mol. The summed E-state index contributed by atoms with van der Waals surface area (Å²) in [7, 11) is 1.59. The zero-order valence-corrected chi connectivity index (χ0v) is 13.2. The highest BCUT2D eigenvalue weighted by molar-refractivity contribution is 6.01. The van der Waals surface area contributed by atoms with Gasteiger partial charge in [0, 0.05) is 26.2 Å². The molecule has 0 bridgehead atoms. The molecule has 122 valence electrons. The van der Waals surface area contributed by atoms with Gasteiger partial charge in [-0.2, -0.15) is 5.26 Å². The molecular formula is C17H21N3O3. The van der Waals surface area contributed by atoms with E-state index < -0.39 is 0 Å². The molecule has 1 aliphatic heterocycles. The van der Waals surface area contributed by atoms with Gasteiger partial charge in [0.2, 0.25) is 0 Å². The maximum absolute atomic E-state index is 12.1. The summed E-state index contributed by atoms with van der Waals surface area (Å²) < 4.78 is 10.4. The molecule has 23 heavy (non-hydrogen) atoms. The van der Waals surface area contributed by atoms with Crippen molar-refractivity contribution in [2.24, 2.45) is 0 Å². The fraction of sp³-hybridized carbons (Fsp3) is 0.412. The van der Waals surface area contributed by atoms with Gasteiger partial charge in [0.05, 0.1) is 20.3 Å². The van der Waals surface area contributed by atoms with Crippen molar-refractivity contribution in [3.8, 4) is 11.8 Å². The lowest BCUT2D eigenvalue weighted by Gasteiger charge is -2.26. The Hall–Kier alpha value is -2.36. The van der Waals surface area contributed by atoms with Crippen molar-refractivity contribution in [2.45, 2.75) is 0 Å². The number of nitrogens with one attached hydrogen (secondary N) is 1. The average Bonchev–Trinajstić information content (AvgIpc) is 2.61. The molecule has 0 unspecified atom stereocenters. The van der Waals surface area contributed by atoms with Crippen LogP contribution in [0, 0.1) is 11.3 Å². The van der Waals surface area contributed by atoms with Crippen LogP contribution in [0.15, 0.2) is 29.8 Å². The molecule has 1 heterocycles. The minimum absolute atomic E-state index is 0.0946. The van der Waals surface area contributed by atoms with E-state index in [1.165, 1.54) is 0 Å². The number of hydrogen-bond acceptors (Lipinski definition) is 5. The third kappa shape index (κ3) is 5.40. The number of methoxy groups -OCH3 is 1. The van der Waals surface area contributed by atoms with Crippen LogP contribution in [-0.2, 0) is 9.53 Å². The maximum atomic E-state index is 12.1. The van der Waals surface area contributed by atoms with Crippen LogP contribution in [0.3, 0.4) is 0 Å². The van der Waals surface area contributed by atoms with Gasteiger partial charge in [0.15, 0.2) is 0 Å². The maximum Gasteiger partial charge on any atom is 0.261 e. The van der Waals surface area contributed by atoms with E-state index in [1.807, 2.05) is 6.07 Å². The van der Waals surface area contributed by atoms with Gasteiger partial charge in [-0.3, -0.25) is 9.69 Å². The minimum atomic E-state index is -0.350. The SMILES string of the molecule is COc1ccc(C=C(C#N)C(=O)NCCN2CCOCC2)cc1. The molecule has 0 saturated carbocycles. The van der Waals surface area contributed by atoms with E-state index in [0.29, 0.717) is 6.54 Å². The lowest BCUT2D eigenvalue weighted by molar-refractivity contribution is -0.117. The van der Waals surface area contributed by atoms with Crippen LogP contribution < -0.4 is 10.1 Å². The molecule has 0 radical (unpaired) electrons. The number of nitriles is 1. The molecule has 2 rings (SSSR count). The highest BCUT2D eigenvalue weighted by Crippen LogP contribution is 2.13. The van der Waals surface area contributed by atoms with Crippen LogP contribution in [0.4, 0.5) is 0 Å². The number of carbonyl (C=O) groups excluding carboxylic acids is 1. The largest absolute Gasteiger partial charge is 0.497 e. The number of nitrogens with zero attached hydrogens (tertiary/aromatic N) is 2. The first-order valence-electron chi connectivity index (χ1n) is 7.57. The first kappa shape index (κ1) is 17.0. The lowest BCUT2D eigenvalue weighted by Crippen LogP contribution is -2.41. The van der Waals surface area contributed by atoms with Crippen LogP contribution in [0.25, 0.3) is 6.08 Å². The summed E-state index contributed by atoms with van der Waals surface area (Å²) in [5.74, 6) is 0.382. The Morgan fingerprint density at radius 2 is 2.09 bits per heavy atom. The number of amides is 1. The average molecular weight is 315 g/mol. The normalized spacial score (nSPS) is 15.7. The Labute approximate surface area is 136 Å². The molecular weight excluding hydrogens is 294 g/mol. The molecule has 6 nitrogen and oxygen atoms in total. The Morgan fingerprint density at radius 1 is 1.39 bits per heavy atom. The molecule has 1 amide bonds. The van der Waals surface area contributed by atoms with Crippen molar-refractivity contribution < 1.29 is 14.3 Å².